The van der Waals surface area contributed by atoms with Crippen LogP contribution < -0.4 is 0 Å². The standard InChI is InChI=1S/C17H34O2/c1-6-7-8-9-10-11-12-15(2)13-14-19-16(18)17(3,4)5/h15H,6-14H2,1-5H3. The van der Waals surface area contributed by atoms with Crippen molar-refractivity contribution in [2.45, 2.75) is 86.0 Å². The van der Waals surface area contributed by atoms with E-state index in [2.05, 4.69) is 13.8 Å². The summed E-state index contributed by atoms with van der Waals surface area (Å²) in [5.74, 6) is 0.582. The van der Waals surface area contributed by atoms with Crippen LogP contribution in [0.25, 0.3) is 0 Å². The number of ether oxygens (including phenoxy) is 1. The highest BCUT2D eigenvalue weighted by Crippen LogP contribution is 2.18. The number of carbonyl (C=O) groups is 1. The van der Waals surface area contributed by atoms with Gasteiger partial charge in [-0.2, -0.15) is 0 Å². The second kappa shape index (κ2) is 10.3. The molecule has 1 atom stereocenters. The summed E-state index contributed by atoms with van der Waals surface area (Å²) in [6.07, 6.45) is 10.4. The molecule has 0 aromatic carbocycles. The van der Waals surface area contributed by atoms with Gasteiger partial charge in [-0.1, -0.05) is 58.8 Å². The lowest BCUT2D eigenvalue weighted by atomic mass is 9.97. The Morgan fingerprint density at radius 1 is 1.00 bits per heavy atom. The number of unbranched alkanes of at least 4 members (excludes halogenated alkanes) is 5. The normalized spacial score (nSPS) is 13.3. The van der Waals surface area contributed by atoms with E-state index >= 15 is 0 Å². The molecule has 0 aliphatic heterocycles. The molecule has 0 bridgehead atoms. The lowest BCUT2D eigenvalue weighted by molar-refractivity contribution is -0.153. The molecule has 1 unspecified atom stereocenters. The average Bonchev–Trinajstić information content (AvgIpc) is 2.32. The predicted molar refractivity (Wildman–Crippen MR) is 82.2 cm³/mol. The van der Waals surface area contributed by atoms with Gasteiger partial charge in [0.25, 0.3) is 0 Å². The quantitative estimate of drug-likeness (QED) is 0.395. The van der Waals surface area contributed by atoms with Crippen LogP contribution in [0.3, 0.4) is 0 Å². The van der Waals surface area contributed by atoms with Crippen LogP contribution in [0.1, 0.15) is 86.0 Å². The van der Waals surface area contributed by atoms with Crippen LogP contribution in [-0.4, -0.2) is 12.6 Å². The van der Waals surface area contributed by atoms with Crippen molar-refractivity contribution in [1.29, 1.82) is 0 Å². The van der Waals surface area contributed by atoms with Crippen LogP contribution in [0.5, 0.6) is 0 Å². The summed E-state index contributed by atoms with van der Waals surface area (Å²) in [5, 5.41) is 0. The first kappa shape index (κ1) is 18.5. The topological polar surface area (TPSA) is 26.3 Å². The number of carbonyl (C=O) groups excluding carboxylic acids is 1. The molecule has 0 saturated heterocycles. The lowest BCUT2D eigenvalue weighted by Gasteiger charge is -2.18. The van der Waals surface area contributed by atoms with Crippen LogP contribution in [0.2, 0.25) is 0 Å². The smallest absolute Gasteiger partial charge is 0.311 e. The van der Waals surface area contributed by atoms with E-state index < -0.39 is 0 Å². The van der Waals surface area contributed by atoms with E-state index in [4.69, 9.17) is 4.74 Å². The Bertz CT molecular complexity index is 228. The third kappa shape index (κ3) is 11.0. The number of hydrogen-bond acceptors (Lipinski definition) is 2. The van der Waals surface area contributed by atoms with Gasteiger partial charge in [0.2, 0.25) is 0 Å². The first-order chi connectivity index (χ1) is 8.88. The SMILES string of the molecule is CCCCCCCCC(C)CCOC(=O)C(C)(C)C. The van der Waals surface area contributed by atoms with Gasteiger partial charge in [-0.3, -0.25) is 4.79 Å². The number of hydrogen-bond donors (Lipinski definition) is 0. The fourth-order valence-corrected chi connectivity index (χ4v) is 1.99. The van der Waals surface area contributed by atoms with E-state index in [-0.39, 0.29) is 11.4 Å². The van der Waals surface area contributed by atoms with Crippen LogP contribution in [-0.2, 0) is 9.53 Å². The third-order valence-corrected chi connectivity index (χ3v) is 3.51. The average molecular weight is 270 g/mol. The van der Waals surface area contributed by atoms with E-state index in [0.717, 1.165) is 6.42 Å². The summed E-state index contributed by atoms with van der Waals surface area (Å²) in [4.78, 5) is 11.6. The van der Waals surface area contributed by atoms with Gasteiger partial charge in [0.15, 0.2) is 0 Å². The fourth-order valence-electron chi connectivity index (χ4n) is 1.99. The van der Waals surface area contributed by atoms with Crippen molar-refractivity contribution in [3.8, 4) is 0 Å². The van der Waals surface area contributed by atoms with Crippen LogP contribution in [0.15, 0.2) is 0 Å². The molecule has 0 radical (unpaired) electrons. The van der Waals surface area contributed by atoms with Crippen LogP contribution >= 0.6 is 0 Å². The molecule has 2 nitrogen and oxygen atoms in total. The molecule has 0 saturated carbocycles. The minimum absolute atomic E-state index is 0.0840. The molecule has 0 aromatic heterocycles. The molecule has 0 N–H and O–H groups in total. The summed E-state index contributed by atoms with van der Waals surface area (Å²) in [6, 6.07) is 0. The zero-order chi connectivity index (χ0) is 14.7. The van der Waals surface area contributed by atoms with Gasteiger partial charge < -0.3 is 4.74 Å². The molecule has 0 aromatic rings. The highest BCUT2D eigenvalue weighted by Gasteiger charge is 2.22. The van der Waals surface area contributed by atoms with Crippen molar-refractivity contribution in [3.05, 3.63) is 0 Å². The summed E-state index contributed by atoms with van der Waals surface area (Å²) in [7, 11) is 0. The molecule has 19 heavy (non-hydrogen) atoms. The number of rotatable bonds is 10. The number of esters is 1. The Morgan fingerprint density at radius 2 is 1.58 bits per heavy atom. The molecular formula is C17H34O2. The second-order valence-corrected chi connectivity index (χ2v) is 6.84. The van der Waals surface area contributed by atoms with Gasteiger partial charge in [0.1, 0.15) is 0 Å². The zero-order valence-electron chi connectivity index (χ0n) is 13.8. The molecule has 2 heteroatoms. The van der Waals surface area contributed by atoms with Crippen molar-refractivity contribution >= 4 is 5.97 Å². The summed E-state index contributed by atoms with van der Waals surface area (Å²) < 4.78 is 5.30. The molecule has 0 aliphatic carbocycles. The fraction of sp³-hybridized carbons (Fsp3) is 0.941. The molecule has 0 heterocycles. The summed E-state index contributed by atoms with van der Waals surface area (Å²) >= 11 is 0. The van der Waals surface area contributed by atoms with Crippen molar-refractivity contribution in [2.24, 2.45) is 11.3 Å². The summed E-state index contributed by atoms with van der Waals surface area (Å²) in [6.45, 7) is 10.8. The highest BCUT2D eigenvalue weighted by molar-refractivity contribution is 5.75. The first-order valence-electron chi connectivity index (χ1n) is 8.05. The Balaban J connectivity index is 3.45. The van der Waals surface area contributed by atoms with Gasteiger partial charge in [-0.25, -0.2) is 0 Å². The second-order valence-electron chi connectivity index (χ2n) is 6.84. The molecule has 0 rings (SSSR count). The third-order valence-electron chi connectivity index (χ3n) is 3.51. The molecule has 0 spiro atoms. The Hall–Kier alpha value is -0.530. The van der Waals surface area contributed by atoms with Gasteiger partial charge >= 0.3 is 5.97 Å². The van der Waals surface area contributed by atoms with E-state index in [1.54, 1.807) is 0 Å². The van der Waals surface area contributed by atoms with E-state index in [1.807, 2.05) is 20.8 Å². The van der Waals surface area contributed by atoms with E-state index in [1.165, 1.54) is 44.9 Å². The van der Waals surface area contributed by atoms with Crippen LogP contribution in [0, 0.1) is 11.3 Å². The molecule has 0 amide bonds. The Kier molecular flexibility index (Phi) is 9.99. The minimum atomic E-state index is -0.373. The molecule has 114 valence electrons. The van der Waals surface area contributed by atoms with Crippen molar-refractivity contribution in [3.63, 3.8) is 0 Å². The molecule has 0 fully saturated rings. The predicted octanol–water partition coefficient (Wildman–Crippen LogP) is 5.35. The molecular weight excluding hydrogens is 236 g/mol. The Labute approximate surface area is 120 Å². The maximum absolute atomic E-state index is 11.6. The van der Waals surface area contributed by atoms with Gasteiger partial charge in [-0.05, 0) is 33.1 Å². The monoisotopic (exact) mass is 270 g/mol. The molecule has 0 aliphatic rings. The van der Waals surface area contributed by atoms with E-state index in [9.17, 15) is 4.79 Å². The highest BCUT2D eigenvalue weighted by atomic mass is 16.5. The van der Waals surface area contributed by atoms with Gasteiger partial charge in [0.05, 0.1) is 12.0 Å². The largest absolute Gasteiger partial charge is 0.465 e. The van der Waals surface area contributed by atoms with Crippen molar-refractivity contribution in [2.75, 3.05) is 6.61 Å². The van der Waals surface area contributed by atoms with Gasteiger partial charge in [0, 0.05) is 0 Å². The Morgan fingerprint density at radius 3 is 2.16 bits per heavy atom. The van der Waals surface area contributed by atoms with Crippen LogP contribution in [0.4, 0.5) is 0 Å². The van der Waals surface area contributed by atoms with Crippen molar-refractivity contribution < 1.29 is 9.53 Å². The maximum Gasteiger partial charge on any atom is 0.311 e. The minimum Gasteiger partial charge on any atom is -0.465 e. The summed E-state index contributed by atoms with van der Waals surface area (Å²) in [5.41, 5.74) is -0.373. The van der Waals surface area contributed by atoms with E-state index in [0.29, 0.717) is 12.5 Å². The lowest BCUT2D eigenvalue weighted by Crippen LogP contribution is -2.23. The van der Waals surface area contributed by atoms with Crippen molar-refractivity contribution in [1.82, 2.24) is 0 Å². The van der Waals surface area contributed by atoms with Gasteiger partial charge in [-0.15, -0.1) is 0 Å². The zero-order valence-corrected chi connectivity index (χ0v) is 13.8. The maximum atomic E-state index is 11.6. The first-order valence-corrected chi connectivity index (χ1v) is 8.05.